The number of methoxy groups -OCH3 is 3. The Morgan fingerprint density at radius 1 is 0.896 bits per heavy atom. The van der Waals surface area contributed by atoms with E-state index in [1.807, 2.05) is 41.3 Å². The van der Waals surface area contributed by atoms with Crippen molar-refractivity contribution in [1.82, 2.24) is 34.9 Å². The van der Waals surface area contributed by atoms with Crippen molar-refractivity contribution in [1.29, 1.82) is 0 Å². The maximum Gasteiger partial charge on any atom is 0.453 e. The molecule has 0 bridgehead atoms. The minimum atomic E-state index is -4.78. The highest BCUT2D eigenvalue weighted by Crippen LogP contribution is 2.40. The van der Waals surface area contributed by atoms with Gasteiger partial charge in [-0.25, -0.2) is 0 Å². The van der Waals surface area contributed by atoms with Gasteiger partial charge in [0.1, 0.15) is 18.0 Å². The fraction of sp³-hybridized carbons (Fsp3) is 0.412. The lowest BCUT2D eigenvalue weighted by molar-refractivity contribution is -0.146. The standard InChI is InChI=1S/C34H38F3N7O4/c1-46-22-30(45)42-16-17-43-25(19-42)18-41(21-28(43)31(23-10-6-4-7-11-23)24-12-8-5-9-13-24)20-26-29(47-2)15-14-27(32(26)48-3)44-33(34(35,36)37)38-39-40-44/h4-15,25,28,31H,16-22H2,1-3H3. The Morgan fingerprint density at radius 2 is 1.58 bits per heavy atom. The van der Waals surface area contributed by atoms with Crippen LogP contribution in [0.2, 0.25) is 0 Å². The molecule has 2 aliphatic rings. The number of tetrazole rings is 1. The number of rotatable bonds is 10. The fourth-order valence-corrected chi connectivity index (χ4v) is 7.12. The lowest BCUT2D eigenvalue weighted by Crippen LogP contribution is -2.67. The number of aromatic nitrogens is 4. The molecule has 2 unspecified atom stereocenters. The molecule has 0 spiro atoms. The topological polar surface area (TPSA) is 98.1 Å². The smallest absolute Gasteiger partial charge is 0.453 e. The minimum absolute atomic E-state index is 0.00428. The van der Waals surface area contributed by atoms with E-state index in [1.54, 1.807) is 6.07 Å². The first-order valence-corrected chi connectivity index (χ1v) is 15.7. The number of fused-ring (bicyclic) bond motifs is 1. The van der Waals surface area contributed by atoms with Gasteiger partial charge in [0.15, 0.2) is 5.75 Å². The SMILES string of the molecule is COCC(=O)N1CCN2C(CN(Cc3c(OC)ccc(-n4nnnc4C(F)(F)F)c3OC)CC2C(c2ccccc2)c2ccccc2)C1. The van der Waals surface area contributed by atoms with Crippen molar-refractivity contribution < 1.29 is 32.2 Å². The highest BCUT2D eigenvalue weighted by atomic mass is 19.4. The van der Waals surface area contributed by atoms with Crippen LogP contribution in [-0.4, -0.2) is 114 Å². The summed E-state index contributed by atoms with van der Waals surface area (Å²) in [5.74, 6) is -0.688. The largest absolute Gasteiger partial charge is 0.496 e. The Hall–Kier alpha value is -4.53. The maximum absolute atomic E-state index is 13.8. The average molecular weight is 666 g/mol. The van der Waals surface area contributed by atoms with Gasteiger partial charge in [-0.05, 0) is 33.7 Å². The molecule has 6 rings (SSSR count). The van der Waals surface area contributed by atoms with E-state index in [-0.39, 0.29) is 42.0 Å². The van der Waals surface area contributed by atoms with Gasteiger partial charge in [-0.2, -0.15) is 17.9 Å². The molecule has 3 aromatic carbocycles. The number of benzene rings is 3. The van der Waals surface area contributed by atoms with Crippen molar-refractivity contribution in [2.75, 3.05) is 60.7 Å². The Balaban J connectivity index is 1.41. The molecule has 0 N–H and O–H groups in total. The highest BCUT2D eigenvalue weighted by Gasteiger charge is 2.44. The molecule has 0 aliphatic carbocycles. The summed E-state index contributed by atoms with van der Waals surface area (Å²) in [5, 5.41) is 10.2. The van der Waals surface area contributed by atoms with Gasteiger partial charge >= 0.3 is 6.18 Å². The van der Waals surface area contributed by atoms with Crippen LogP contribution in [0.3, 0.4) is 0 Å². The molecule has 1 aromatic heterocycles. The van der Waals surface area contributed by atoms with Crippen molar-refractivity contribution in [2.45, 2.75) is 30.7 Å². The zero-order chi connectivity index (χ0) is 33.8. The number of hydrogen-bond donors (Lipinski definition) is 0. The number of nitrogens with zero attached hydrogens (tertiary/aromatic N) is 7. The van der Waals surface area contributed by atoms with E-state index in [2.05, 4.69) is 49.6 Å². The highest BCUT2D eigenvalue weighted by molar-refractivity contribution is 5.77. The molecule has 0 saturated carbocycles. The van der Waals surface area contributed by atoms with Crippen LogP contribution in [0.1, 0.15) is 28.4 Å². The van der Waals surface area contributed by atoms with Gasteiger partial charge < -0.3 is 19.1 Å². The number of halogens is 3. The van der Waals surface area contributed by atoms with Crippen molar-refractivity contribution in [3.63, 3.8) is 0 Å². The second kappa shape index (κ2) is 14.3. The van der Waals surface area contributed by atoms with Crippen LogP contribution in [0.5, 0.6) is 11.5 Å². The van der Waals surface area contributed by atoms with Crippen LogP contribution in [0.25, 0.3) is 5.69 Å². The van der Waals surface area contributed by atoms with Crippen LogP contribution < -0.4 is 9.47 Å². The quantitative estimate of drug-likeness (QED) is 0.250. The van der Waals surface area contributed by atoms with Crippen LogP contribution in [0.15, 0.2) is 72.8 Å². The number of carbonyl (C=O) groups excluding carboxylic acids is 1. The first-order chi connectivity index (χ1) is 23.2. The van der Waals surface area contributed by atoms with Crippen LogP contribution in [0, 0.1) is 0 Å². The monoisotopic (exact) mass is 665 g/mol. The van der Waals surface area contributed by atoms with Crippen LogP contribution in [0.4, 0.5) is 13.2 Å². The average Bonchev–Trinajstić information content (AvgIpc) is 3.60. The molecule has 2 aliphatic heterocycles. The van der Waals surface area contributed by atoms with Gasteiger partial charge in [-0.1, -0.05) is 60.7 Å². The molecule has 2 atom stereocenters. The molecular weight excluding hydrogens is 627 g/mol. The third-order valence-corrected chi connectivity index (χ3v) is 9.14. The van der Waals surface area contributed by atoms with Crippen molar-refractivity contribution in [3.05, 3.63) is 95.3 Å². The second-order valence-electron chi connectivity index (χ2n) is 11.9. The number of alkyl halides is 3. The number of carbonyl (C=O) groups is 1. The van der Waals surface area contributed by atoms with Gasteiger partial charge in [0.25, 0.3) is 5.82 Å². The molecule has 1 amide bonds. The van der Waals surface area contributed by atoms with E-state index in [4.69, 9.17) is 14.2 Å². The Labute approximate surface area is 276 Å². The molecular formula is C34H38F3N7O4. The second-order valence-corrected chi connectivity index (χ2v) is 11.9. The van der Waals surface area contributed by atoms with E-state index >= 15 is 0 Å². The zero-order valence-electron chi connectivity index (χ0n) is 27.0. The van der Waals surface area contributed by atoms with Crippen LogP contribution in [-0.2, 0) is 22.3 Å². The lowest BCUT2D eigenvalue weighted by Gasteiger charge is -2.53. The molecule has 2 fully saturated rings. The third-order valence-electron chi connectivity index (χ3n) is 9.14. The van der Waals surface area contributed by atoms with Gasteiger partial charge in [-0.15, -0.1) is 5.10 Å². The lowest BCUT2D eigenvalue weighted by atomic mass is 9.81. The van der Waals surface area contributed by atoms with E-state index in [0.29, 0.717) is 55.3 Å². The predicted octanol–water partition coefficient (Wildman–Crippen LogP) is 3.87. The third kappa shape index (κ3) is 6.73. The molecule has 11 nitrogen and oxygen atoms in total. The summed E-state index contributed by atoms with van der Waals surface area (Å²) < 4.78 is 58.8. The maximum atomic E-state index is 13.8. The number of piperazine rings is 2. The van der Waals surface area contributed by atoms with Gasteiger partial charge in [0.2, 0.25) is 5.91 Å². The Bertz CT molecular complexity index is 1650. The molecule has 48 heavy (non-hydrogen) atoms. The Kier molecular flexibility index (Phi) is 9.94. The van der Waals surface area contributed by atoms with Gasteiger partial charge in [0.05, 0.1) is 19.8 Å². The summed E-state index contributed by atoms with van der Waals surface area (Å²) in [6.07, 6.45) is -4.78. The predicted molar refractivity (Wildman–Crippen MR) is 170 cm³/mol. The molecule has 0 radical (unpaired) electrons. The molecule has 4 aromatic rings. The summed E-state index contributed by atoms with van der Waals surface area (Å²) >= 11 is 0. The molecule has 3 heterocycles. The van der Waals surface area contributed by atoms with E-state index in [1.165, 1.54) is 38.5 Å². The first-order valence-electron chi connectivity index (χ1n) is 15.7. The fourth-order valence-electron chi connectivity index (χ4n) is 7.12. The summed E-state index contributed by atoms with van der Waals surface area (Å²) in [7, 11) is 4.43. The summed E-state index contributed by atoms with van der Waals surface area (Å²) in [6.45, 7) is 3.32. The van der Waals surface area contributed by atoms with Gasteiger partial charge in [0, 0.05) is 64.4 Å². The summed E-state index contributed by atoms with van der Waals surface area (Å²) in [6, 6.07) is 23.8. The zero-order valence-corrected chi connectivity index (χ0v) is 27.0. The van der Waals surface area contributed by atoms with Crippen molar-refractivity contribution in [2.24, 2.45) is 0 Å². The van der Waals surface area contributed by atoms with Crippen molar-refractivity contribution in [3.8, 4) is 17.2 Å². The number of amides is 1. The number of hydrogen-bond acceptors (Lipinski definition) is 9. The van der Waals surface area contributed by atoms with E-state index in [9.17, 15) is 18.0 Å². The number of ether oxygens (including phenoxy) is 3. The van der Waals surface area contributed by atoms with E-state index in [0.717, 1.165) is 0 Å². The molecule has 254 valence electrons. The molecule has 14 heteroatoms. The minimum Gasteiger partial charge on any atom is -0.496 e. The Morgan fingerprint density at radius 3 is 2.19 bits per heavy atom. The summed E-state index contributed by atoms with van der Waals surface area (Å²) in [4.78, 5) is 19.6. The normalized spacial score (nSPS) is 18.9. The van der Waals surface area contributed by atoms with Crippen LogP contribution >= 0.6 is 0 Å². The molecule has 2 saturated heterocycles. The van der Waals surface area contributed by atoms with Crippen molar-refractivity contribution >= 4 is 5.91 Å². The van der Waals surface area contributed by atoms with Gasteiger partial charge in [-0.3, -0.25) is 14.6 Å². The first kappa shape index (κ1) is 33.4. The summed E-state index contributed by atoms with van der Waals surface area (Å²) in [5.41, 5.74) is 2.94. The van der Waals surface area contributed by atoms with E-state index < -0.39 is 12.0 Å².